The van der Waals surface area contributed by atoms with Crippen LogP contribution in [0.2, 0.25) is 0 Å². The Balaban J connectivity index is 2.13. The van der Waals surface area contributed by atoms with Gasteiger partial charge in [0.25, 0.3) is 5.91 Å². The number of nitrogens with one attached hydrogen (secondary N) is 1. The average molecular weight is 454 g/mol. The Kier molecular flexibility index (Phi) is 7.97. The summed E-state index contributed by atoms with van der Waals surface area (Å²) in [5.41, 5.74) is 0.0193. The topological polar surface area (TPSA) is 96.0 Å². The number of piperidine rings is 1. The number of para-hydroxylation sites is 1. The monoisotopic (exact) mass is 453 g/mol. The van der Waals surface area contributed by atoms with E-state index in [2.05, 4.69) is 4.72 Å². The SMILES string of the molecule is CC(C)N(CC1CCCN(C(=O)c2ccccc2NS(C)(=O)=O)C1)C(=O)OC(C)(C)C. The van der Waals surface area contributed by atoms with Crippen molar-refractivity contribution in [2.24, 2.45) is 5.92 Å². The maximum atomic E-state index is 13.2. The molecule has 1 unspecified atom stereocenters. The van der Waals surface area contributed by atoms with E-state index in [1.54, 1.807) is 34.1 Å². The maximum Gasteiger partial charge on any atom is 0.410 e. The molecule has 2 rings (SSSR count). The van der Waals surface area contributed by atoms with E-state index in [1.165, 1.54) is 0 Å². The fourth-order valence-electron chi connectivity index (χ4n) is 3.62. The Hall–Kier alpha value is -2.29. The van der Waals surface area contributed by atoms with Gasteiger partial charge in [0.15, 0.2) is 0 Å². The van der Waals surface area contributed by atoms with Crippen molar-refractivity contribution in [3.63, 3.8) is 0 Å². The lowest BCUT2D eigenvalue weighted by Gasteiger charge is -2.37. The van der Waals surface area contributed by atoms with Gasteiger partial charge in [-0.05, 0) is 65.5 Å². The Morgan fingerprint density at radius 3 is 2.48 bits per heavy atom. The highest BCUT2D eigenvalue weighted by Crippen LogP contribution is 2.24. The van der Waals surface area contributed by atoms with E-state index in [0.29, 0.717) is 25.2 Å². The average Bonchev–Trinajstić information content (AvgIpc) is 2.63. The predicted molar refractivity (Wildman–Crippen MR) is 122 cm³/mol. The van der Waals surface area contributed by atoms with Gasteiger partial charge in [-0.15, -0.1) is 0 Å². The van der Waals surface area contributed by atoms with Gasteiger partial charge in [-0.25, -0.2) is 13.2 Å². The normalized spacial score (nSPS) is 17.4. The summed E-state index contributed by atoms with van der Waals surface area (Å²) in [5.74, 6) is -0.104. The zero-order chi connectivity index (χ0) is 23.4. The number of likely N-dealkylation sites (tertiary alicyclic amines) is 1. The lowest BCUT2D eigenvalue weighted by atomic mass is 9.96. The number of hydrogen-bond acceptors (Lipinski definition) is 5. The minimum Gasteiger partial charge on any atom is -0.444 e. The molecule has 174 valence electrons. The van der Waals surface area contributed by atoms with Gasteiger partial charge < -0.3 is 14.5 Å². The van der Waals surface area contributed by atoms with Gasteiger partial charge in [0, 0.05) is 25.7 Å². The first kappa shape index (κ1) is 25.0. The van der Waals surface area contributed by atoms with Crippen molar-refractivity contribution in [2.75, 3.05) is 30.6 Å². The molecule has 1 atom stereocenters. The zero-order valence-electron chi connectivity index (χ0n) is 19.3. The highest BCUT2D eigenvalue weighted by atomic mass is 32.2. The molecule has 0 aliphatic carbocycles. The van der Waals surface area contributed by atoms with E-state index < -0.39 is 15.6 Å². The molecule has 0 aromatic heterocycles. The van der Waals surface area contributed by atoms with Crippen LogP contribution in [0, 0.1) is 5.92 Å². The number of sulfonamides is 1. The van der Waals surface area contributed by atoms with Crippen molar-refractivity contribution < 1.29 is 22.7 Å². The Morgan fingerprint density at radius 2 is 1.90 bits per heavy atom. The minimum atomic E-state index is -3.50. The number of carbonyl (C=O) groups excluding carboxylic acids is 2. The van der Waals surface area contributed by atoms with Crippen LogP contribution in [-0.2, 0) is 14.8 Å². The van der Waals surface area contributed by atoms with Crippen molar-refractivity contribution in [1.29, 1.82) is 0 Å². The molecule has 0 bridgehead atoms. The van der Waals surface area contributed by atoms with Crippen LogP contribution in [-0.4, -0.2) is 67.8 Å². The number of anilines is 1. The number of rotatable bonds is 6. The lowest BCUT2D eigenvalue weighted by Crippen LogP contribution is -2.48. The number of hydrogen-bond donors (Lipinski definition) is 1. The predicted octanol–water partition coefficient (Wildman–Crippen LogP) is 3.56. The first-order valence-electron chi connectivity index (χ1n) is 10.6. The largest absolute Gasteiger partial charge is 0.444 e. The molecular formula is C22H35N3O5S. The summed E-state index contributed by atoms with van der Waals surface area (Å²) in [5, 5.41) is 0. The van der Waals surface area contributed by atoms with Crippen LogP contribution in [0.4, 0.5) is 10.5 Å². The van der Waals surface area contributed by atoms with E-state index in [4.69, 9.17) is 4.74 Å². The van der Waals surface area contributed by atoms with Crippen molar-refractivity contribution in [2.45, 2.75) is 59.1 Å². The van der Waals surface area contributed by atoms with Gasteiger partial charge in [0.2, 0.25) is 10.0 Å². The summed E-state index contributed by atoms with van der Waals surface area (Å²) < 4.78 is 31.3. The molecule has 1 aromatic carbocycles. The van der Waals surface area contributed by atoms with Crippen molar-refractivity contribution in [1.82, 2.24) is 9.80 Å². The second kappa shape index (κ2) is 9.89. The molecule has 0 spiro atoms. The summed E-state index contributed by atoms with van der Waals surface area (Å²) in [6.45, 7) is 11.0. The smallest absolute Gasteiger partial charge is 0.410 e. The summed E-state index contributed by atoms with van der Waals surface area (Å²) >= 11 is 0. The third kappa shape index (κ3) is 7.72. The van der Waals surface area contributed by atoms with E-state index in [0.717, 1.165) is 19.1 Å². The highest BCUT2D eigenvalue weighted by Gasteiger charge is 2.31. The molecule has 9 heteroatoms. The van der Waals surface area contributed by atoms with E-state index in [1.807, 2.05) is 34.6 Å². The molecule has 2 amide bonds. The number of carbonyl (C=O) groups is 2. The summed E-state index contributed by atoms with van der Waals surface area (Å²) in [6.07, 6.45) is 2.42. The van der Waals surface area contributed by atoms with Gasteiger partial charge in [0.1, 0.15) is 5.60 Å². The van der Waals surface area contributed by atoms with E-state index >= 15 is 0 Å². The van der Waals surface area contributed by atoms with Crippen LogP contribution >= 0.6 is 0 Å². The fraction of sp³-hybridized carbons (Fsp3) is 0.636. The maximum absolute atomic E-state index is 13.2. The Morgan fingerprint density at radius 1 is 1.26 bits per heavy atom. The second-order valence-electron chi connectivity index (χ2n) is 9.41. The highest BCUT2D eigenvalue weighted by molar-refractivity contribution is 7.92. The van der Waals surface area contributed by atoms with Crippen LogP contribution in [0.25, 0.3) is 0 Å². The van der Waals surface area contributed by atoms with Crippen LogP contribution in [0.3, 0.4) is 0 Å². The van der Waals surface area contributed by atoms with Gasteiger partial charge in [-0.3, -0.25) is 9.52 Å². The van der Waals surface area contributed by atoms with Crippen LogP contribution in [0.5, 0.6) is 0 Å². The van der Waals surface area contributed by atoms with Crippen LogP contribution in [0.1, 0.15) is 57.8 Å². The van der Waals surface area contributed by atoms with E-state index in [-0.39, 0.29) is 29.6 Å². The third-order valence-corrected chi connectivity index (χ3v) is 5.56. The molecular weight excluding hydrogens is 418 g/mol. The molecule has 0 saturated carbocycles. The summed E-state index contributed by atoms with van der Waals surface area (Å²) in [4.78, 5) is 29.3. The molecule has 0 radical (unpaired) electrons. The first-order chi connectivity index (χ1) is 14.3. The van der Waals surface area contributed by atoms with Gasteiger partial charge in [-0.2, -0.15) is 0 Å². The molecule has 1 heterocycles. The molecule has 1 aliphatic heterocycles. The fourth-order valence-corrected chi connectivity index (χ4v) is 4.20. The summed E-state index contributed by atoms with van der Waals surface area (Å²) in [7, 11) is -3.50. The zero-order valence-corrected chi connectivity index (χ0v) is 20.2. The Labute approximate surface area is 186 Å². The van der Waals surface area contributed by atoms with E-state index in [9.17, 15) is 18.0 Å². The lowest BCUT2D eigenvalue weighted by molar-refractivity contribution is 0.0124. The first-order valence-corrected chi connectivity index (χ1v) is 12.5. The molecule has 1 N–H and O–H groups in total. The molecule has 1 aromatic rings. The number of benzene rings is 1. The standard InChI is InChI=1S/C22H35N3O5S/c1-16(2)25(21(27)30-22(3,4)5)15-17-10-9-13-24(14-17)20(26)18-11-7-8-12-19(18)23-31(6,28)29/h7-8,11-12,16-17,23H,9-10,13-15H2,1-6H3. The quantitative estimate of drug-likeness (QED) is 0.711. The van der Waals surface area contributed by atoms with Crippen LogP contribution < -0.4 is 4.72 Å². The van der Waals surface area contributed by atoms with Gasteiger partial charge in [-0.1, -0.05) is 12.1 Å². The minimum absolute atomic E-state index is 0.0272. The molecule has 31 heavy (non-hydrogen) atoms. The summed E-state index contributed by atoms with van der Waals surface area (Å²) in [6, 6.07) is 6.58. The van der Waals surface area contributed by atoms with Gasteiger partial charge >= 0.3 is 6.09 Å². The van der Waals surface area contributed by atoms with Crippen molar-refractivity contribution in [3.05, 3.63) is 29.8 Å². The Bertz CT molecular complexity index is 893. The van der Waals surface area contributed by atoms with Crippen LogP contribution in [0.15, 0.2) is 24.3 Å². The number of amides is 2. The third-order valence-electron chi connectivity index (χ3n) is 4.97. The second-order valence-corrected chi connectivity index (χ2v) is 11.2. The molecule has 1 saturated heterocycles. The van der Waals surface area contributed by atoms with Crippen molar-refractivity contribution >= 4 is 27.7 Å². The number of nitrogens with zero attached hydrogens (tertiary/aromatic N) is 2. The molecule has 1 fully saturated rings. The van der Waals surface area contributed by atoms with Crippen molar-refractivity contribution in [3.8, 4) is 0 Å². The number of ether oxygens (including phenoxy) is 1. The molecule has 1 aliphatic rings. The van der Waals surface area contributed by atoms with Gasteiger partial charge in [0.05, 0.1) is 17.5 Å². The molecule has 8 nitrogen and oxygen atoms in total.